The van der Waals surface area contributed by atoms with Crippen molar-refractivity contribution >= 4 is 23.6 Å². The molecule has 5 nitrogen and oxygen atoms in total. The lowest BCUT2D eigenvalue weighted by molar-refractivity contribution is -0.129. The van der Waals surface area contributed by atoms with Crippen LogP contribution in [0.4, 0.5) is 5.69 Å². The van der Waals surface area contributed by atoms with Gasteiger partial charge in [-0.25, -0.2) is 0 Å². The number of carbonyl (C=O) groups excluding carboxylic acids is 2. The Balaban J connectivity index is 2.00. The van der Waals surface area contributed by atoms with Gasteiger partial charge < -0.3 is 15.0 Å². The van der Waals surface area contributed by atoms with E-state index >= 15 is 0 Å². The Hall–Kier alpha value is -3.08. The Morgan fingerprint density at radius 3 is 2.39 bits per heavy atom. The highest BCUT2D eigenvalue weighted by molar-refractivity contribution is 5.98. The molecule has 0 atom stereocenters. The van der Waals surface area contributed by atoms with Gasteiger partial charge in [-0.2, -0.15) is 0 Å². The lowest BCUT2D eigenvalue weighted by atomic mass is 10.1. The van der Waals surface area contributed by atoms with E-state index < -0.39 is 0 Å². The van der Waals surface area contributed by atoms with Gasteiger partial charge >= 0.3 is 0 Å². The predicted molar refractivity (Wildman–Crippen MR) is 114 cm³/mol. The van der Waals surface area contributed by atoms with Crippen molar-refractivity contribution in [2.24, 2.45) is 0 Å². The van der Waals surface area contributed by atoms with E-state index in [2.05, 4.69) is 5.32 Å². The monoisotopic (exact) mass is 380 g/mol. The van der Waals surface area contributed by atoms with Gasteiger partial charge in [0.25, 0.3) is 0 Å². The average Bonchev–Trinajstić information content (AvgIpc) is 2.64. The zero-order valence-corrected chi connectivity index (χ0v) is 17.2. The third-order valence-electron chi connectivity index (χ3n) is 4.32. The molecule has 0 saturated heterocycles. The molecule has 0 bridgehead atoms. The minimum atomic E-state index is -0.251. The quantitative estimate of drug-likeness (QED) is 0.735. The van der Waals surface area contributed by atoms with Gasteiger partial charge in [-0.3, -0.25) is 9.59 Å². The summed E-state index contributed by atoms with van der Waals surface area (Å²) in [4.78, 5) is 26.1. The summed E-state index contributed by atoms with van der Waals surface area (Å²) in [5.74, 6) is 0.243. The van der Waals surface area contributed by atoms with E-state index in [9.17, 15) is 9.59 Å². The van der Waals surface area contributed by atoms with Crippen LogP contribution in [0.2, 0.25) is 0 Å². The highest BCUT2D eigenvalue weighted by Gasteiger charge is 2.13. The van der Waals surface area contributed by atoms with Crippen LogP contribution in [0.25, 0.3) is 6.08 Å². The van der Waals surface area contributed by atoms with Crippen molar-refractivity contribution in [3.8, 4) is 5.75 Å². The average molecular weight is 380 g/mol. The Kier molecular flexibility index (Phi) is 7.38. The zero-order chi connectivity index (χ0) is 20.7. The molecule has 5 heteroatoms. The summed E-state index contributed by atoms with van der Waals surface area (Å²) in [5.41, 5.74) is 4.79. The fourth-order valence-corrected chi connectivity index (χ4v) is 3.04. The molecule has 0 saturated carbocycles. The van der Waals surface area contributed by atoms with Gasteiger partial charge in [-0.05, 0) is 51.0 Å². The lowest BCUT2D eigenvalue weighted by Gasteiger charge is -2.17. The molecule has 2 rings (SSSR count). The molecular formula is C23H28N2O3. The van der Waals surface area contributed by atoms with Crippen molar-refractivity contribution < 1.29 is 14.3 Å². The smallest absolute Gasteiger partial charge is 0.246 e. The molecule has 0 aromatic heterocycles. The zero-order valence-electron chi connectivity index (χ0n) is 17.2. The second kappa shape index (κ2) is 9.74. The maximum absolute atomic E-state index is 12.4. The maximum Gasteiger partial charge on any atom is 0.246 e. The van der Waals surface area contributed by atoms with Crippen LogP contribution in [0.15, 0.2) is 42.5 Å². The second-order valence-corrected chi connectivity index (χ2v) is 6.82. The van der Waals surface area contributed by atoms with Crippen LogP contribution < -0.4 is 10.1 Å². The van der Waals surface area contributed by atoms with Crippen molar-refractivity contribution in [3.63, 3.8) is 0 Å². The molecule has 0 heterocycles. The highest BCUT2D eigenvalue weighted by atomic mass is 16.5. The highest BCUT2D eigenvalue weighted by Crippen LogP contribution is 2.22. The van der Waals surface area contributed by atoms with Gasteiger partial charge in [0.05, 0.1) is 13.2 Å². The number of benzene rings is 2. The molecule has 1 N–H and O–H groups in total. The number of carbonyl (C=O) groups is 2. The molecule has 0 aliphatic carbocycles. The summed E-state index contributed by atoms with van der Waals surface area (Å²) >= 11 is 0. The minimum absolute atomic E-state index is 0.0248. The van der Waals surface area contributed by atoms with Crippen LogP contribution in [0.3, 0.4) is 0 Å². The number of ether oxygens (including phenoxy) is 1. The van der Waals surface area contributed by atoms with Crippen molar-refractivity contribution in [1.82, 2.24) is 4.90 Å². The number of rotatable bonds is 7. The van der Waals surface area contributed by atoms with Crippen LogP contribution in [-0.4, -0.2) is 36.9 Å². The molecule has 28 heavy (non-hydrogen) atoms. The van der Waals surface area contributed by atoms with E-state index in [4.69, 9.17) is 4.74 Å². The van der Waals surface area contributed by atoms with E-state index in [-0.39, 0.29) is 18.4 Å². The Morgan fingerprint density at radius 1 is 1.11 bits per heavy atom. The molecule has 2 aromatic carbocycles. The number of nitrogens with one attached hydrogen (secondary N) is 1. The first-order valence-corrected chi connectivity index (χ1v) is 9.34. The van der Waals surface area contributed by atoms with E-state index in [1.165, 1.54) is 11.0 Å². The molecule has 2 aromatic rings. The normalized spacial score (nSPS) is 10.8. The summed E-state index contributed by atoms with van der Waals surface area (Å²) in [7, 11) is 1.61. The lowest BCUT2D eigenvalue weighted by Crippen LogP contribution is -2.34. The van der Waals surface area contributed by atoms with Gasteiger partial charge in [-0.15, -0.1) is 0 Å². The number of anilines is 1. The summed E-state index contributed by atoms with van der Waals surface area (Å²) in [6.07, 6.45) is 3.16. The third-order valence-corrected chi connectivity index (χ3v) is 4.32. The van der Waals surface area contributed by atoms with Gasteiger partial charge in [0.2, 0.25) is 11.8 Å². The van der Waals surface area contributed by atoms with E-state index in [1.807, 2.05) is 64.1 Å². The van der Waals surface area contributed by atoms with Gasteiger partial charge in [-0.1, -0.05) is 35.9 Å². The molecule has 0 aliphatic rings. The number of nitrogens with zero attached hydrogens (tertiary/aromatic N) is 1. The molecule has 0 fully saturated rings. The van der Waals surface area contributed by atoms with E-state index in [0.29, 0.717) is 6.61 Å². The number of hydrogen-bond acceptors (Lipinski definition) is 3. The molecule has 0 radical (unpaired) electrons. The van der Waals surface area contributed by atoms with Crippen molar-refractivity contribution in [2.45, 2.75) is 27.7 Å². The first-order chi connectivity index (χ1) is 13.3. The Bertz CT molecular complexity index is 864. The second-order valence-electron chi connectivity index (χ2n) is 6.82. The first-order valence-electron chi connectivity index (χ1n) is 9.34. The Labute approximate surface area is 167 Å². The summed E-state index contributed by atoms with van der Waals surface area (Å²) in [6, 6.07) is 11.6. The fraction of sp³-hybridized carbons (Fsp3) is 0.304. The first kappa shape index (κ1) is 21.2. The SMILES string of the molecule is CCOc1ccccc1/C=C\C(=O)N(C)CC(=O)Nc1c(C)cc(C)cc1C. The van der Waals surface area contributed by atoms with Crippen molar-refractivity contribution in [3.05, 3.63) is 64.7 Å². The van der Waals surface area contributed by atoms with Crippen LogP contribution in [0.1, 0.15) is 29.2 Å². The molecule has 0 spiro atoms. The molecule has 148 valence electrons. The van der Waals surface area contributed by atoms with Gasteiger partial charge in [0, 0.05) is 24.4 Å². The molecule has 0 aliphatic heterocycles. The number of amides is 2. The Morgan fingerprint density at radius 2 is 1.75 bits per heavy atom. The summed E-state index contributed by atoms with van der Waals surface area (Å²) in [6.45, 7) is 8.38. The largest absolute Gasteiger partial charge is 0.493 e. The van der Waals surface area contributed by atoms with Gasteiger partial charge in [0.15, 0.2) is 0 Å². The minimum Gasteiger partial charge on any atom is -0.493 e. The molecule has 2 amide bonds. The van der Waals surface area contributed by atoms with Crippen molar-refractivity contribution in [2.75, 3.05) is 25.5 Å². The standard InChI is InChI=1S/C23H28N2O3/c1-6-28-20-10-8-7-9-19(20)11-12-22(27)25(5)15-21(26)24-23-17(3)13-16(2)14-18(23)4/h7-14H,6,15H2,1-5H3,(H,24,26)/b12-11-. The van der Waals surface area contributed by atoms with Crippen LogP contribution >= 0.6 is 0 Å². The number of para-hydroxylation sites is 1. The number of hydrogen-bond donors (Lipinski definition) is 1. The molecule has 0 unspecified atom stereocenters. The summed E-state index contributed by atoms with van der Waals surface area (Å²) < 4.78 is 5.55. The predicted octanol–water partition coefficient (Wildman–Crippen LogP) is 4.12. The van der Waals surface area contributed by atoms with Crippen LogP contribution in [-0.2, 0) is 9.59 Å². The summed E-state index contributed by atoms with van der Waals surface area (Å²) in [5, 5.41) is 2.91. The van der Waals surface area contributed by atoms with E-state index in [1.54, 1.807) is 13.1 Å². The fourth-order valence-electron chi connectivity index (χ4n) is 3.04. The van der Waals surface area contributed by atoms with E-state index in [0.717, 1.165) is 33.7 Å². The number of aryl methyl sites for hydroxylation is 3. The van der Waals surface area contributed by atoms with Crippen LogP contribution in [0, 0.1) is 20.8 Å². The molecular weight excluding hydrogens is 352 g/mol. The number of likely N-dealkylation sites (N-methyl/N-ethyl adjacent to an activating group) is 1. The van der Waals surface area contributed by atoms with Gasteiger partial charge in [0.1, 0.15) is 5.75 Å². The van der Waals surface area contributed by atoms with Crippen LogP contribution in [0.5, 0.6) is 5.75 Å². The third kappa shape index (κ3) is 5.71. The van der Waals surface area contributed by atoms with Crippen molar-refractivity contribution in [1.29, 1.82) is 0 Å². The topological polar surface area (TPSA) is 58.6 Å². The maximum atomic E-state index is 12.4.